The molecule has 2 aromatic rings. The Labute approximate surface area is 137 Å². The quantitative estimate of drug-likeness (QED) is 0.669. The highest BCUT2D eigenvalue weighted by Gasteiger charge is 2.10. The number of rotatable bonds is 5. The number of halogens is 2. The molecule has 4 nitrogen and oxygen atoms in total. The monoisotopic (exact) mass is 331 g/mol. The SMILES string of the molecule is COc1ccc(C(=O)/C=C\c2cc(F)ccc2F)cc1NC(C)=O. The van der Waals surface area contributed by atoms with E-state index in [1.807, 2.05) is 0 Å². The molecule has 0 heterocycles. The summed E-state index contributed by atoms with van der Waals surface area (Å²) in [7, 11) is 1.44. The van der Waals surface area contributed by atoms with E-state index in [0.29, 0.717) is 11.4 Å². The Hall–Kier alpha value is -3.02. The van der Waals surface area contributed by atoms with Crippen molar-refractivity contribution in [2.75, 3.05) is 12.4 Å². The molecule has 24 heavy (non-hydrogen) atoms. The van der Waals surface area contributed by atoms with E-state index in [9.17, 15) is 18.4 Å². The van der Waals surface area contributed by atoms with Crippen molar-refractivity contribution in [1.82, 2.24) is 0 Å². The van der Waals surface area contributed by atoms with E-state index in [4.69, 9.17) is 4.74 Å². The number of methoxy groups -OCH3 is 1. The van der Waals surface area contributed by atoms with Gasteiger partial charge in [-0.15, -0.1) is 0 Å². The third kappa shape index (κ3) is 4.25. The van der Waals surface area contributed by atoms with Gasteiger partial charge in [0, 0.05) is 18.1 Å². The lowest BCUT2D eigenvalue weighted by Gasteiger charge is -2.09. The molecule has 0 spiro atoms. The number of hydrogen-bond acceptors (Lipinski definition) is 3. The van der Waals surface area contributed by atoms with E-state index < -0.39 is 17.4 Å². The topological polar surface area (TPSA) is 55.4 Å². The number of allylic oxidation sites excluding steroid dienone is 1. The molecule has 124 valence electrons. The van der Waals surface area contributed by atoms with Crippen molar-refractivity contribution in [2.45, 2.75) is 6.92 Å². The van der Waals surface area contributed by atoms with Gasteiger partial charge < -0.3 is 10.1 Å². The lowest BCUT2D eigenvalue weighted by atomic mass is 10.1. The van der Waals surface area contributed by atoms with Gasteiger partial charge in [-0.3, -0.25) is 9.59 Å². The summed E-state index contributed by atoms with van der Waals surface area (Å²) in [6, 6.07) is 7.48. The summed E-state index contributed by atoms with van der Waals surface area (Å²) in [5.41, 5.74) is 0.591. The summed E-state index contributed by atoms with van der Waals surface area (Å²) in [4.78, 5) is 23.4. The van der Waals surface area contributed by atoms with Gasteiger partial charge >= 0.3 is 0 Å². The molecule has 2 aromatic carbocycles. The maximum atomic E-state index is 13.5. The number of nitrogens with one attached hydrogen (secondary N) is 1. The number of anilines is 1. The fourth-order valence-corrected chi connectivity index (χ4v) is 2.05. The largest absolute Gasteiger partial charge is 0.495 e. The maximum absolute atomic E-state index is 13.5. The molecule has 0 aliphatic rings. The third-order valence-corrected chi connectivity index (χ3v) is 3.17. The first kappa shape index (κ1) is 17.3. The number of amides is 1. The summed E-state index contributed by atoms with van der Waals surface area (Å²) in [5, 5.41) is 2.56. The molecule has 0 atom stereocenters. The zero-order valence-electron chi connectivity index (χ0n) is 13.1. The molecule has 1 N–H and O–H groups in total. The van der Waals surface area contributed by atoms with Gasteiger partial charge in [0.2, 0.25) is 5.91 Å². The van der Waals surface area contributed by atoms with E-state index in [2.05, 4.69) is 5.32 Å². The Kier molecular flexibility index (Phi) is 5.42. The lowest BCUT2D eigenvalue weighted by molar-refractivity contribution is -0.114. The second-order valence-electron chi connectivity index (χ2n) is 4.96. The van der Waals surface area contributed by atoms with Crippen LogP contribution in [0.15, 0.2) is 42.5 Å². The predicted molar refractivity (Wildman–Crippen MR) is 87.0 cm³/mol. The summed E-state index contributed by atoms with van der Waals surface area (Å²) in [5.74, 6) is -1.56. The summed E-state index contributed by atoms with van der Waals surface area (Å²) < 4.78 is 31.8. The van der Waals surface area contributed by atoms with Crippen LogP contribution in [0.5, 0.6) is 5.75 Å². The van der Waals surface area contributed by atoms with Crippen molar-refractivity contribution in [3.05, 3.63) is 65.2 Å². The maximum Gasteiger partial charge on any atom is 0.221 e. The molecule has 0 aliphatic heterocycles. The highest BCUT2D eigenvalue weighted by Crippen LogP contribution is 2.26. The summed E-state index contributed by atoms with van der Waals surface area (Å²) in [6.45, 7) is 1.33. The van der Waals surface area contributed by atoms with Gasteiger partial charge in [-0.1, -0.05) is 0 Å². The van der Waals surface area contributed by atoms with Gasteiger partial charge in [0.05, 0.1) is 12.8 Å². The van der Waals surface area contributed by atoms with Gasteiger partial charge in [0.15, 0.2) is 5.78 Å². The van der Waals surface area contributed by atoms with Crippen LogP contribution in [0.2, 0.25) is 0 Å². The summed E-state index contributed by atoms with van der Waals surface area (Å²) >= 11 is 0. The van der Waals surface area contributed by atoms with Crippen LogP contribution >= 0.6 is 0 Å². The van der Waals surface area contributed by atoms with Crippen LogP contribution in [0.25, 0.3) is 6.08 Å². The molecule has 0 saturated heterocycles. The van der Waals surface area contributed by atoms with Gasteiger partial charge in [-0.25, -0.2) is 8.78 Å². The van der Waals surface area contributed by atoms with Crippen LogP contribution in [0.3, 0.4) is 0 Å². The lowest BCUT2D eigenvalue weighted by Crippen LogP contribution is -2.08. The zero-order chi connectivity index (χ0) is 17.7. The highest BCUT2D eigenvalue weighted by atomic mass is 19.1. The van der Waals surface area contributed by atoms with Crippen molar-refractivity contribution < 1.29 is 23.1 Å². The van der Waals surface area contributed by atoms with Crippen LogP contribution < -0.4 is 10.1 Å². The smallest absolute Gasteiger partial charge is 0.221 e. The Balaban J connectivity index is 2.27. The molecule has 2 rings (SSSR count). The molecule has 0 unspecified atom stereocenters. The predicted octanol–water partition coefficient (Wildman–Crippen LogP) is 3.83. The molecule has 0 aliphatic carbocycles. The Morgan fingerprint density at radius 1 is 1.12 bits per heavy atom. The average molecular weight is 331 g/mol. The highest BCUT2D eigenvalue weighted by molar-refractivity contribution is 6.08. The van der Waals surface area contributed by atoms with Crippen LogP contribution in [-0.4, -0.2) is 18.8 Å². The fraction of sp³-hybridized carbons (Fsp3) is 0.111. The van der Waals surface area contributed by atoms with E-state index in [0.717, 1.165) is 24.3 Å². The minimum absolute atomic E-state index is 0.0288. The van der Waals surface area contributed by atoms with E-state index in [1.165, 1.54) is 38.3 Å². The average Bonchev–Trinajstić information content (AvgIpc) is 2.54. The number of ether oxygens (including phenoxy) is 1. The normalized spacial score (nSPS) is 10.7. The van der Waals surface area contributed by atoms with Gasteiger partial charge in [-0.2, -0.15) is 0 Å². The van der Waals surface area contributed by atoms with Crippen molar-refractivity contribution in [3.63, 3.8) is 0 Å². The van der Waals surface area contributed by atoms with Crippen molar-refractivity contribution in [1.29, 1.82) is 0 Å². The first-order valence-electron chi connectivity index (χ1n) is 7.04. The Morgan fingerprint density at radius 3 is 2.54 bits per heavy atom. The molecule has 0 fully saturated rings. The number of hydrogen-bond donors (Lipinski definition) is 1. The van der Waals surface area contributed by atoms with Gasteiger partial charge in [0.1, 0.15) is 17.4 Å². The van der Waals surface area contributed by atoms with Gasteiger partial charge in [-0.05, 0) is 48.6 Å². The fourth-order valence-electron chi connectivity index (χ4n) is 2.05. The minimum Gasteiger partial charge on any atom is -0.495 e. The molecule has 0 bridgehead atoms. The third-order valence-electron chi connectivity index (χ3n) is 3.17. The van der Waals surface area contributed by atoms with E-state index in [1.54, 1.807) is 0 Å². The number of benzene rings is 2. The molecular formula is C18H15F2NO3. The number of ketones is 1. The molecule has 1 amide bonds. The number of carbonyl (C=O) groups excluding carboxylic acids is 2. The molecular weight excluding hydrogens is 316 g/mol. The van der Waals surface area contributed by atoms with Crippen molar-refractivity contribution in [3.8, 4) is 5.75 Å². The second kappa shape index (κ2) is 7.50. The van der Waals surface area contributed by atoms with E-state index in [-0.39, 0.29) is 17.0 Å². The standard InChI is InChI=1S/C18H15F2NO3/c1-11(22)21-16-10-13(4-8-18(16)24-2)17(23)7-3-12-9-14(19)5-6-15(12)20/h3-10H,1-2H3,(H,21,22)/b7-3-. The first-order chi connectivity index (χ1) is 11.4. The first-order valence-corrected chi connectivity index (χ1v) is 7.04. The van der Waals surface area contributed by atoms with Crippen LogP contribution in [-0.2, 0) is 4.79 Å². The zero-order valence-corrected chi connectivity index (χ0v) is 13.1. The molecule has 0 aromatic heterocycles. The van der Waals surface area contributed by atoms with E-state index >= 15 is 0 Å². The Morgan fingerprint density at radius 2 is 1.88 bits per heavy atom. The summed E-state index contributed by atoms with van der Waals surface area (Å²) in [6.07, 6.45) is 2.33. The second-order valence-corrected chi connectivity index (χ2v) is 4.96. The molecule has 0 radical (unpaired) electrons. The van der Waals surface area contributed by atoms with Crippen molar-refractivity contribution in [2.24, 2.45) is 0 Å². The molecule has 0 saturated carbocycles. The molecule has 6 heteroatoms. The van der Waals surface area contributed by atoms with Crippen molar-refractivity contribution >= 4 is 23.5 Å². The van der Waals surface area contributed by atoms with Crippen LogP contribution in [0, 0.1) is 11.6 Å². The number of carbonyl (C=O) groups is 2. The minimum atomic E-state index is -0.630. The Bertz CT molecular complexity index is 816. The van der Waals surface area contributed by atoms with Gasteiger partial charge in [0.25, 0.3) is 0 Å². The van der Waals surface area contributed by atoms with Crippen LogP contribution in [0.4, 0.5) is 14.5 Å². The van der Waals surface area contributed by atoms with Crippen LogP contribution in [0.1, 0.15) is 22.8 Å².